The molecular weight excluding hydrogens is 396 g/mol. The number of aliphatic hydroxyl groups excluding tert-OH is 2. The second-order valence-corrected chi connectivity index (χ2v) is 9.51. The summed E-state index contributed by atoms with van der Waals surface area (Å²) >= 11 is 0. The number of fused-ring (bicyclic) bond motifs is 1. The van der Waals surface area contributed by atoms with Crippen LogP contribution in [0.5, 0.6) is 11.5 Å². The smallest absolute Gasteiger partial charge is 0.161 e. The highest BCUT2D eigenvalue weighted by molar-refractivity contribution is 5.47. The topological polar surface area (TPSA) is 88.4 Å². The molecule has 4 aliphatic rings. The predicted molar refractivity (Wildman–Crippen MR) is 112 cm³/mol. The molecule has 3 N–H and O–H groups in total. The molecule has 6 nitrogen and oxygen atoms in total. The van der Waals surface area contributed by atoms with E-state index in [1.807, 2.05) is 30.3 Å². The van der Waals surface area contributed by atoms with Gasteiger partial charge in [-0.15, -0.1) is 0 Å². The second kappa shape index (κ2) is 6.94. The molecule has 2 aliphatic heterocycles. The standard InChI is InChI=1S/C25H28O6/c26-22-23(27)25(28,14-31-24(22)7-8-24)18-4-5-19(16-2-3-16)17(13-18)11-15-1-6-20-21(12-15)30-10-9-29-20/h1,4-6,12-13,16,22-23,26-28H,2-3,7-11,14H2/t22-,23+,25-/m0/s1. The Hall–Kier alpha value is -2.12. The maximum atomic E-state index is 11.4. The first-order valence-corrected chi connectivity index (χ1v) is 11.2. The Bertz CT molecular complexity index is 1010. The Morgan fingerprint density at radius 2 is 1.68 bits per heavy atom. The summed E-state index contributed by atoms with van der Waals surface area (Å²) in [5, 5.41) is 32.8. The quantitative estimate of drug-likeness (QED) is 0.699. The highest BCUT2D eigenvalue weighted by Gasteiger charge is 2.62. The van der Waals surface area contributed by atoms with Gasteiger partial charge in [0.05, 0.1) is 12.2 Å². The van der Waals surface area contributed by atoms with Crippen molar-refractivity contribution < 1.29 is 29.5 Å². The summed E-state index contributed by atoms with van der Waals surface area (Å²) in [6.45, 7) is 1.10. The predicted octanol–water partition coefficient (Wildman–Crippen LogP) is 2.40. The first kappa shape index (κ1) is 19.6. The minimum absolute atomic E-state index is 0.0164. The van der Waals surface area contributed by atoms with Gasteiger partial charge in [0.2, 0.25) is 0 Å². The van der Waals surface area contributed by atoms with Gasteiger partial charge in [-0.2, -0.15) is 0 Å². The lowest BCUT2D eigenvalue weighted by Gasteiger charge is -2.44. The Kier molecular flexibility index (Phi) is 4.38. The van der Waals surface area contributed by atoms with Gasteiger partial charge in [-0.25, -0.2) is 0 Å². The fourth-order valence-electron chi connectivity index (χ4n) is 5.03. The summed E-state index contributed by atoms with van der Waals surface area (Å²) in [6, 6.07) is 11.9. The van der Waals surface area contributed by atoms with Gasteiger partial charge in [0.1, 0.15) is 31.0 Å². The maximum absolute atomic E-state index is 11.4. The first-order chi connectivity index (χ1) is 15.0. The molecule has 6 rings (SSSR count). The fraction of sp³-hybridized carbons (Fsp3) is 0.520. The summed E-state index contributed by atoms with van der Waals surface area (Å²) in [6.07, 6.45) is 2.10. The second-order valence-electron chi connectivity index (χ2n) is 9.51. The van der Waals surface area contributed by atoms with Crippen molar-refractivity contribution in [3.8, 4) is 11.5 Å². The summed E-state index contributed by atoms with van der Waals surface area (Å²) in [4.78, 5) is 0. The molecule has 0 bridgehead atoms. The van der Waals surface area contributed by atoms with E-state index in [1.54, 1.807) is 0 Å². The summed E-state index contributed by atoms with van der Waals surface area (Å²) < 4.78 is 17.2. The fourth-order valence-corrected chi connectivity index (χ4v) is 5.03. The van der Waals surface area contributed by atoms with E-state index < -0.39 is 23.4 Å². The highest BCUT2D eigenvalue weighted by atomic mass is 16.6. The van der Waals surface area contributed by atoms with Gasteiger partial charge < -0.3 is 29.5 Å². The Labute approximate surface area is 181 Å². The van der Waals surface area contributed by atoms with E-state index in [1.165, 1.54) is 18.4 Å². The number of hydrogen-bond acceptors (Lipinski definition) is 6. The minimum atomic E-state index is -1.63. The third kappa shape index (κ3) is 3.24. The van der Waals surface area contributed by atoms with Crippen LogP contribution in [-0.4, -0.2) is 52.9 Å². The zero-order chi connectivity index (χ0) is 21.2. The highest BCUT2D eigenvalue weighted by Crippen LogP contribution is 2.51. The number of aliphatic hydroxyl groups is 3. The van der Waals surface area contributed by atoms with Crippen molar-refractivity contribution in [3.05, 3.63) is 58.7 Å². The molecule has 2 heterocycles. The molecule has 3 atom stereocenters. The van der Waals surface area contributed by atoms with Crippen molar-refractivity contribution in [1.29, 1.82) is 0 Å². The maximum Gasteiger partial charge on any atom is 0.161 e. The summed E-state index contributed by atoms with van der Waals surface area (Å²) in [5.41, 5.74) is 1.80. The molecule has 1 spiro atoms. The average molecular weight is 424 g/mol. The van der Waals surface area contributed by atoms with Crippen LogP contribution >= 0.6 is 0 Å². The SMILES string of the molecule is O[C@@H]1[C@H](O)C2(CC2)OC[C@]1(O)c1ccc(C2CC2)c(Cc2ccc3c(c2)OCCO3)c1. The molecule has 0 unspecified atom stereocenters. The molecule has 2 aliphatic carbocycles. The normalized spacial score (nSPS) is 30.9. The van der Waals surface area contributed by atoms with Crippen LogP contribution < -0.4 is 9.47 Å². The molecule has 0 aromatic heterocycles. The van der Waals surface area contributed by atoms with Crippen LogP contribution in [-0.2, 0) is 16.8 Å². The number of benzene rings is 2. The molecule has 164 valence electrons. The lowest BCUT2D eigenvalue weighted by Crippen LogP contribution is -2.60. The van der Waals surface area contributed by atoms with E-state index in [4.69, 9.17) is 14.2 Å². The molecule has 31 heavy (non-hydrogen) atoms. The molecule has 3 fully saturated rings. The number of ether oxygens (including phenoxy) is 3. The van der Waals surface area contributed by atoms with Gasteiger partial charge >= 0.3 is 0 Å². The number of hydrogen-bond donors (Lipinski definition) is 3. The van der Waals surface area contributed by atoms with Crippen LogP contribution in [0.15, 0.2) is 36.4 Å². The van der Waals surface area contributed by atoms with Gasteiger partial charge in [0, 0.05) is 0 Å². The van der Waals surface area contributed by atoms with Crippen LogP contribution in [0.3, 0.4) is 0 Å². The van der Waals surface area contributed by atoms with Crippen molar-refractivity contribution >= 4 is 0 Å². The third-order valence-electron chi connectivity index (χ3n) is 7.31. The zero-order valence-corrected chi connectivity index (χ0v) is 17.4. The monoisotopic (exact) mass is 424 g/mol. The Balaban J connectivity index is 1.33. The molecular formula is C25H28O6. The van der Waals surface area contributed by atoms with Crippen molar-refractivity contribution in [2.45, 2.75) is 61.4 Å². The van der Waals surface area contributed by atoms with E-state index in [-0.39, 0.29) is 6.61 Å². The van der Waals surface area contributed by atoms with Crippen molar-refractivity contribution in [1.82, 2.24) is 0 Å². The van der Waals surface area contributed by atoms with E-state index >= 15 is 0 Å². The van der Waals surface area contributed by atoms with Crippen molar-refractivity contribution in [2.75, 3.05) is 19.8 Å². The van der Waals surface area contributed by atoms with E-state index in [0.29, 0.717) is 31.1 Å². The molecule has 2 aromatic rings. The summed E-state index contributed by atoms with van der Waals surface area (Å²) in [5.74, 6) is 2.08. The first-order valence-electron chi connectivity index (χ1n) is 11.2. The molecule has 0 amide bonds. The Morgan fingerprint density at radius 3 is 2.42 bits per heavy atom. The number of rotatable bonds is 4. The van der Waals surface area contributed by atoms with Crippen LogP contribution in [0.1, 0.15) is 53.9 Å². The van der Waals surface area contributed by atoms with Crippen LogP contribution in [0, 0.1) is 0 Å². The van der Waals surface area contributed by atoms with Gasteiger partial charge in [-0.1, -0.05) is 24.3 Å². The van der Waals surface area contributed by atoms with E-state index in [9.17, 15) is 15.3 Å². The van der Waals surface area contributed by atoms with Crippen molar-refractivity contribution in [2.24, 2.45) is 0 Å². The van der Waals surface area contributed by atoms with Gasteiger partial charge in [-0.05, 0) is 72.4 Å². The van der Waals surface area contributed by atoms with Crippen LogP contribution in [0.4, 0.5) is 0 Å². The molecule has 0 radical (unpaired) electrons. The molecule has 2 saturated carbocycles. The lowest BCUT2D eigenvalue weighted by molar-refractivity contribution is -0.249. The van der Waals surface area contributed by atoms with Gasteiger partial charge in [0.25, 0.3) is 0 Å². The lowest BCUT2D eigenvalue weighted by atomic mass is 9.80. The zero-order valence-electron chi connectivity index (χ0n) is 17.4. The van der Waals surface area contributed by atoms with Crippen molar-refractivity contribution in [3.63, 3.8) is 0 Å². The van der Waals surface area contributed by atoms with Crippen LogP contribution in [0.25, 0.3) is 0 Å². The van der Waals surface area contributed by atoms with E-state index in [2.05, 4.69) is 6.07 Å². The van der Waals surface area contributed by atoms with Gasteiger partial charge in [0.15, 0.2) is 11.5 Å². The molecule has 6 heteroatoms. The average Bonchev–Trinajstić information content (AvgIpc) is 3.71. The molecule has 2 aromatic carbocycles. The Morgan fingerprint density at radius 1 is 0.903 bits per heavy atom. The largest absolute Gasteiger partial charge is 0.486 e. The minimum Gasteiger partial charge on any atom is -0.486 e. The van der Waals surface area contributed by atoms with Crippen LogP contribution in [0.2, 0.25) is 0 Å². The summed E-state index contributed by atoms with van der Waals surface area (Å²) in [7, 11) is 0. The third-order valence-corrected chi connectivity index (χ3v) is 7.31. The van der Waals surface area contributed by atoms with Gasteiger partial charge in [-0.3, -0.25) is 0 Å². The molecule has 1 saturated heterocycles. The van der Waals surface area contributed by atoms with E-state index in [0.717, 1.165) is 35.5 Å².